The van der Waals surface area contributed by atoms with Crippen molar-refractivity contribution in [2.24, 2.45) is 11.8 Å². The van der Waals surface area contributed by atoms with E-state index in [4.69, 9.17) is 23.2 Å². The minimum absolute atomic E-state index is 0.0945. The molecule has 2 fully saturated rings. The molecular weight excluding hydrogens is 555 g/mol. The fraction of sp³-hybridized carbons (Fsp3) is 0.355. The van der Waals surface area contributed by atoms with Crippen LogP contribution in [0.15, 0.2) is 60.7 Å². The van der Waals surface area contributed by atoms with E-state index in [1.807, 2.05) is 31.2 Å². The summed E-state index contributed by atoms with van der Waals surface area (Å²) in [4.78, 5) is 28.9. The normalized spacial score (nSPS) is 21.3. The molecule has 2 aliphatic rings. The zero-order valence-corrected chi connectivity index (χ0v) is 23.6. The van der Waals surface area contributed by atoms with Gasteiger partial charge in [-0.3, -0.25) is 9.59 Å². The number of nitrogens with one attached hydrogen (secondary N) is 2. The van der Waals surface area contributed by atoms with Gasteiger partial charge in [0.1, 0.15) is 17.2 Å². The van der Waals surface area contributed by atoms with Gasteiger partial charge in [-0.15, -0.1) is 0 Å². The average molecular weight is 587 g/mol. The minimum atomic E-state index is -0.935. The van der Waals surface area contributed by atoms with E-state index in [0.717, 1.165) is 30.7 Å². The van der Waals surface area contributed by atoms with E-state index in [9.17, 15) is 18.4 Å². The van der Waals surface area contributed by atoms with Crippen LogP contribution >= 0.6 is 23.2 Å². The summed E-state index contributed by atoms with van der Waals surface area (Å²) in [5.74, 6) is -3.76. The Morgan fingerprint density at radius 2 is 1.55 bits per heavy atom. The van der Waals surface area contributed by atoms with Gasteiger partial charge in [0.15, 0.2) is 0 Å². The molecule has 5 rings (SSSR count). The number of nitrogens with zero attached hydrogens (tertiary/aromatic N) is 1. The molecule has 0 spiro atoms. The highest BCUT2D eigenvalue weighted by Crippen LogP contribution is 2.41. The summed E-state index contributed by atoms with van der Waals surface area (Å²) in [6.45, 7) is 2.16. The second-order valence-electron chi connectivity index (χ2n) is 10.8. The minimum Gasteiger partial charge on any atom is -0.382 e. The lowest BCUT2D eigenvalue weighted by Gasteiger charge is -2.43. The topological polar surface area (TPSA) is 61.4 Å². The maximum atomic E-state index is 14.7. The summed E-state index contributed by atoms with van der Waals surface area (Å²) in [5, 5.41) is 7.10. The molecule has 1 saturated heterocycles. The molecule has 2 amide bonds. The molecule has 9 heteroatoms. The van der Waals surface area contributed by atoms with Crippen molar-refractivity contribution in [2.75, 3.05) is 17.2 Å². The number of piperidine rings is 1. The summed E-state index contributed by atoms with van der Waals surface area (Å²) in [6.07, 6.45) is 5.12. The van der Waals surface area contributed by atoms with E-state index in [-0.39, 0.29) is 18.4 Å². The van der Waals surface area contributed by atoms with Gasteiger partial charge in [0.05, 0.1) is 22.0 Å². The summed E-state index contributed by atoms with van der Waals surface area (Å²) in [6, 6.07) is 15.5. The number of hydrogen-bond acceptors (Lipinski definition) is 3. The molecule has 0 radical (unpaired) electrons. The summed E-state index contributed by atoms with van der Waals surface area (Å²) < 4.78 is 29.5. The molecule has 210 valence electrons. The van der Waals surface area contributed by atoms with E-state index < -0.39 is 35.1 Å². The van der Waals surface area contributed by atoms with Crippen LogP contribution in [0.5, 0.6) is 0 Å². The number of amides is 2. The van der Waals surface area contributed by atoms with E-state index in [0.29, 0.717) is 33.8 Å². The first-order valence-corrected chi connectivity index (χ1v) is 14.3. The highest BCUT2D eigenvalue weighted by Gasteiger charge is 2.43. The molecule has 1 aliphatic heterocycles. The van der Waals surface area contributed by atoms with Crippen LogP contribution in [-0.2, 0) is 4.79 Å². The zero-order valence-electron chi connectivity index (χ0n) is 22.1. The monoisotopic (exact) mass is 585 g/mol. The van der Waals surface area contributed by atoms with Crippen molar-refractivity contribution in [1.29, 1.82) is 0 Å². The van der Waals surface area contributed by atoms with Crippen molar-refractivity contribution in [3.63, 3.8) is 0 Å². The van der Waals surface area contributed by atoms with Crippen molar-refractivity contribution in [2.45, 2.75) is 51.1 Å². The van der Waals surface area contributed by atoms with Gasteiger partial charge in [-0.05, 0) is 73.2 Å². The third-order valence-electron chi connectivity index (χ3n) is 7.82. The SMILES string of the molecule is C[C@@H]1C[C@H](C(=O)Nc2ccc(Cl)c(Cl)c2)[C@H](c2ccc(NC3CCCC3)cc2)N(C(=O)c2c(F)cccc2F)C1. The lowest BCUT2D eigenvalue weighted by atomic mass is 9.79. The van der Waals surface area contributed by atoms with Crippen molar-refractivity contribution in [3.8, 4) is 0 Å². The Bertz CT molecular complexity index is 1380. The molecule has 3 aromatic carbocycles. The molecular formula is C31H31Cl2F2N3O2. The lowest BCUT2D eigenvalue weighted by molar-refractivity contribution is -0.124. The van der Waals surface area contributed by atoms with Crippen molar-refractivity contribution < 1.29 is 18.4 Å². The first-order valence-electron chi connectivity index (χ1n) is 13.6. The fourth-order valence-corrected chi connectivity index (χ4v) is 6.21. The molecule has 0 bridgehead atoms. The van der Waals surface area contributed by atoms with Gasteiger partial charge in [-0.25, -0.2) is 8.78 Å². The van der Waals surface area contributed by atoms with Crippen LogP contribution in [0, 0.1) is 23.5 Å². The largest absolute Gasteiger partial charge is 0.382 e. The van der Waals surface area contributed by atoms with Gasteiger partial charge in [0.25, 0.3) is 5.91 Å². The maximum absolute atomic E-state index is 14.7. The average Bonchev–Trinajstić information content (AvgIpc) is 3.44. The number of carbonyl (C=O) groups is 2. The second kappa shape index (κ2) is 12.1. The highest BCUT2D eigenvalue weighted by molar-refractivity contribution is 6.42. The summed E-state index contributed by atoms with van der Waals surface area (Å²) in [7, 11) is 0. The number of rotatable bonds is 6. The first-order chi connectivity index (χ1) is 19.2. The summed E-state index contributed by atoms with van der Waals surface area (Å²) in [5.41, 5.74) is 1.51. The van der Waals surface area contributed by atoms with Crippen LogP contribution in [-0.4, -0.2) is 29.3 Å². The molecule has 40 heavy (non-hydrogen) atoms. The quantitative estimate of drug-likeness (QED) is 0.307. The van der Waals surface area contributed by atoms with Crippen LogP contribution in [0.2, 0.25) is 10.0 Å². The Balaban J connectivity index is 1.50. The van der Waals surface area contributed by atoms with Gasteiger partial charge < -0.3 is 15.5 Å². The second-order valence-corrected chi connectivity index (χ2v) is 11.6. The predicted molar refractivity (Wildman–Crippen MR) is 155 cm³/mol. The first kappa shape index (κ1) is 28.4. The van der Waals surface area contributed by atoms with Crippen LogP contribution in [0.1, 0.15) is 61.0 Å². The van der Waals surface area contributed by atoms with Gasteiger partial charge >= 0.3 is 0 Å². The molecule has 1 aliphatic carbocycles. The third-order valence-corrected chi connectivity index (χ3v) is 8.56. The van der Waals surface area contributed by atoms with Crippen molar-refractivity contribution in [3.05, 3.63) is 93.5 Å². The molecule has 0 aromatic heterocycles. The fourth-order valence-electron chi connectivity index (χ4n) is 5.91. The number of hydrogen-bond donors (Lipinski definition) is 2. The number of benzene rings is 3. The van der Waals surface area contributed by atoms with Gasteiger partial charge in [-0.1, -0.05) is 61.2 Å². The van der Waals surface area contributed by atoms with Gasteiger partial charge in [0.2, 0.25) is 5.91 Å². The van der Waals surface area contributed by atoms with Crippen molar-refractivity contribution >= 4 is 46.4 Å². The Morgan fingerprint density at radius 1 is 0.900 bits per heavy atom. The predicted octanol–water partition coefficient (Wildman–Crippen LogP) is 8.10. The zero-order chi connectivity index (χ0) is 28.4. The molecule has 3 atom stereocenters. The maximum Gasteiger partial charge on any atom is 0.260 e. The number of halogens is 4. The molecule has 2 N–H and O–H groups in total. The van der Waals surface area contributed by atoms with Crippen molar-refractivity contribution in [1.82, 2.24) is 4.90 Å². The Hall–Kier alpha value is -3.16. The molecule has 0 unspecified atom stereocenters. The molecule has 3 aromatic rings. The molecule has 1 heterocycles. The van der Waals surface area contributed by atoms with E-state index in [1.54, 1.807) is 18.2 Å². The Labute approximate surface area is 242 Å². The molecule has 1 saturated carbocycles. The number of anilines is 2. The molecule has 5 nitrogen and oxygen atoms in total. The lowest BCUT2D eigenvalue weighted by Crippen LogP contribution is -2.49. The standard InChI is InChI=1S/C31H31Cl2F2N3O2/c1-18-15-23(30(39)37-22-13-14-24(32)25(33)16-22)29(19-9-11-21(12-10-19)36-20-5-2-3-6-20)38(17-18)31(40)28-26(34)7-4-8-27(28)35/h4,7-14,16,18,20,23,29,36H,2-3,5-6,15,17H2,1H3,(H,37,39)/t18-,23+,29+/m1/s1. The Morgan fingerprint density at radius 3 is 2.20 bits per heavy atom. The highest BCUT2D eigenvalue weighted by atomic mass is 35.5. The van der Waals surface area contributed by atoms with Crippen LogP contribution in [0.4, 0.5) is 20.2 Å². The summed E-state index contributed by atoms with van der Waals surface area (Å²) >= 11 is 12.2. The smallest absolute Gasteiger partial charge is 0.260 e. The van der Waals surface area contributed by atoms with Crippen LogP contribution in [0.25, 0.3) is 0 Å². The van der Waals surface area contributed by atoms with E-state index in [2.05, 4.69) is 10.6 Å². The number of likely N-dealkylation sites (tertiary alicyclic amines) is 1. The number of carbonyl (C=O) groups excluding carboxylic acids is 2. The third kappa shape index (κ3) is 6.11. The Kier molecular flexibility index (Phi) is 8.62. The van der Waals surface area contributed by atoms with Crippen LogP contribution in [0.3, 0.4) is 0 Å². The van der Waals surface area contributed by atoms with E-state index >= 15 is 0 Å². The van der Waals surface area contributed by atoms with Crippen LogP contribution < -0.4 is 10.6 Å². The van der Waals surface area contributed by atoms with Gasteiger partial charge in [0, 0.05) is 24.0 Å². The van der Waals surface area contributed by atoms with Gasteiger partial charge in [-0.2, -0.15) is 0 Å². The van der Waals surface area contributed by atoms with E-state index in [1.165, 1.54) is 23.8 Å².